The Morgan fingerprint density at radius 2 is 1.37 bits per heavy atom. The minimum absolute atomic E-state index is 0.0194. The Kier molecular flexibility index (Phi) is 6.00. The van der Waals surface area contributed by atoms with Crippen molar-refractivity contribution in [2.45, 2.75) is 13.3 Å². The van der Waals surface area contributed by atoms with E-state index < -0.39 is 0 Å². The first-order valence-corrected chi connectivity index (χ1v) is 9.06. The van der Waals surface area contributed by atoms with Gasteiger partial charge in [0.2, 0.25) is 0 Å². The van der Waals surface area contributed by atoms with Crippen LogP contribution in [0.1, 0.15) is 38.3 Å². The zero-order valence-corrected chi connectivity index (χ0v) is 15.7. The van der Waals surface area contributed by atoms with Crippen LogP contribution in [0.2, 0.25) is 5.02 Å². The van der Waals surface area contributed by atoms with E-state index in [1.54, 1.807) is 30.3 Å². The molecule has 0 aliphatic rings. The number of ketones is 2. The van der Waals surface area contributed by atoms with Gasteiger partial charge in [0.05, 0.1) is 0 Å². The van der Waals surface area contributed by atoms with Crippen LogP contribution in [-0.4, -0.2) is 11.6 Å². The van der Waals surface area contributed by atoms with Gasteiger partial charge in [0, 0.05) is 22.6 Å². The molecular weight excluding hydrogens is 356 g/mol. The van der Waals surface area contributed by atoms with Crippen molar-refractivity contribution >= 4 is 28.7 Å². The lowest BCUT2D eigenvalue weighted by atomic mass is 9.95. The van der Waals surface area contributed by atoms with Crippen LogP contribution in [0.25, 0.3) is 5.57 Å². The van der Waals surface area contributed by atoms with Gasteiger partial charge in [-0.2, -0.15) is 0 Å². The van der Waals surface area contributed by atoms with Crippen LogP contribution < -0.4 is 0 Å². The lowest BCUT2D eigenvalue weighted by Crippen LogP contribution is -2.03. The Labute approximate surface area is 164 Å². The number of carbonyl (C=O) groups excluding carboxylic acids is 2. The summed E-state index contributed by atoms with van der Waals surface area (Å²) in [6, 6.07) is 23.7. The lowest BCUT2D eigenvalue weighted by molar-refractivity contribution is 0.0998. The molecule has 0 amide bonds. The monoisotopic (exact) mass is 374 g/mol. The summed E-state index contributed by atoms with van der Waals surface area (Å²) >= 11 is 5.89. The maximum Gasteiger partial charge on any atom is 0.186 e. The second-order valence-electron chi connectivity index (χ2n) is 6.37. The molecule has 0 saturated carbocycles. The van der Waals surface area contributed by atoms with Crippen molar-refractivity contribution in [1.29, 1.82) is 0 Å². The van der Waals surface area contributed by atoms with Crippen LogP contribution >= 0.6 is 11.6 Å². The zero-order valence-electron chi connectivity index (χ0n) is 15.0. The number of Topliss-reactive ketones (excluding diaryl/α,β-unsaturated/α-hetero) is 1. The second kappa shape index (κ2) is 8.61. The number of aryl methyl sites for hydroxylation is 1. The molecule has 0 N–H and O–H groups in total. The predicted octanol–water partition coefficient (Wildman–Crippen LogP) is 6.19. The average molecular weight is 375 g/mol. The van der Waals surface area contributed by atoms with Gasteiger partial charge in [-0.25, -0.2) is 0 Å². The van der Waals surface area contributed by atoms with E-state index in [0.717, 1.165) is 11.1 Å². The molecule has 0 heterocycles. The van der Waals surface area contributed by atoms with Crippen LogP contribution in [0.5, 0.6) is 0 Å². The third-order valence-corrected chi connectivity index (χ3v) is 4.56. The van der Waals surface area contributed by atoms with Crippen LogP contribution in [-0.2, 0) is 0 Å². The van der Waals surface area contributed by atoms with Gasteiger partial charge in [-0.05, 0) is 48.4 Å². The summed E-state index contributed by atoms with van der Waals surface area (Å²) in [6.45, 7) is 1.98. The Morgan fingerprint density at radius 3 is 2.00 bits per heavy atom. The van der Waals surface area contributed by atoms with Gasteiger partial charge in [0.25, 0.3) is 0 Å². The van der Waals surface area contributed by atoms with E-state index >= 15 is 0 Å². The summed E-state index contributed by atoms with van der Waals surface area (Å²) < 4.78 is 0. The van der Waals surface area contributed by atoms with E-state index in [2.05, 4.69) is 0 Å². The highest BCUT2D eigenvalue weighted by atomic mass is 35.5. The average Bonchev–Trinajstić information content (AvgIpc) is 2.69. The van der Waals surface area contributed by atoms with Crippen molar-refractivity contribution in [2.75, 3.05) is 0 Å². The van der Waals surface area contributed by atoms with E-state index in [4.69, 9.17) is 11.6 Å². The van der Waals surface area contributed by atoms with Crippen molar-refractivity contribution in [1.82, 2.24) is 0 Å². The molecule has 0 aliphatic heterocycles. The van der Waals surface area contributed by atoms with Crippen molar-refractivity contribution in [2.24, 2.45) is 0 Å². The molecule has 0 aromatic heterocycles. The molecule has 134 valence electrons. The molecule has 0 unspecified atom stereocenters. The Balaban J connectivity index is 1.91. The fourth-order valence-corrected chi connectivity index (χ4v) is 2.88. The summed E-state index contributed by atoms with van der Waals surface area (Å²) in [5.74, 6) is -0.170. The molecule has 2 nitrogen and oxygen atoms in total. The van der Waals surface area contributed by atoms with Crippen molar-refractivity contribution < 1.29 is 9.59 Å². The van der Waals surface area contributed by atoms with Gasteiger partial charge in [0.15, 0.2) is 11.6 Å². The lowest BCUT2D eigenvalue weighted by Gasteiger charge is -2.08. The van der Waals surface area contributed by atoms with E-state index in [1.807, 2.05) is 61.5 Å². The maximum atomic E-state index is 12.7. The zero-order chi connectivity index (χ0) is 19.2. The number of hydrogen-bond donors (Lipinski definition) is 0. The van der Waals surface area contributed by atoms with Gasteiger partial charge in [-0.1, -0.05) is 71.8 Å². The van der Waals surface area contributed by atoms with E-state index in [9.17, 15) is 9.59 Å². The van der Waals surface area contributed by atoms with Gasteiger partial charge >= 0.3 is 0 Å². The third kappa shape index (κ3) is 5.02. The molecular formula is C24H19ClO2. The summed E-state index contributed by atoms with van der Waals surface area (Å²) in [5, 5.41) is 0.577. The molecule has 0 bridgehead atoms. The van der Waals surface area contributed by atoms with Gasteiger partial charge in [-0.15, -0.1) is 0 Å². The Bertz CT molecular complexity index is 969. The molecule has 0 fully saturated rings. The number of allylic oxidation sites excluding steroid dienone is 2. The normalized spacial score (nSPS) is 11.3. The molecule has 3 aromatic rings. The third-order valence-electron chi connectivity index (χ3n) is 4.30. The van der Waals surface area contributed by atoms with E-state index in [0.29, 0.717) is 21.7 Å². The fourth-order valence-electron chi connectivity index (χ4n) is 2.76. The summed E-state index contributed by atoms with van der Waals surface area (Å²) in [4.78, 5) is 25.4. The Morgan fingerprint density at radius 1 is 0.778 bits per heavy atom. The summed E-state index contributed by atoms with van der Waals surface area (Å²) in [6.07, 6.45) is 1.71. The van der Waals surface area contributed by atoms with E-state index in [1.165, 1.54) is 0 Å². The standard InChI is InChI=1S/C24H19ClO2/c1-17-7-9-19(10-8-17)23(26)15-21(18-5-3-2-4-6-18)16-24(27)20-11-13-22(25)14-12-20/h2-14,16H,15H2,1H3/b21-16-. The molecule has 0 saturated heterocycles. The first-order chi connectivity index (χ1) is 13.0. The fraction of sp³-hybridized carbons (Fsp3) is 0.0833. The molecule has 3 heteroatoms. The highest BCUT2D eigenvalue weighted by Crippen LogP contribution is 2.22. The quantitative estimate of drug-likeness (QED) is 0.381. The van der Waals surface area contributed by atoms with Crippen molar-refractivity contribution in [3.8, 4) is 0 Å². The first kappa shape index (κ1) is 18.8. The van der Waals surface area contributed by atoms with E-state index in [-0.39, 0.29) is 18.0 Å². The Hall–Kier alpha value is -2.97. The summed E-state index contributed by atoms with van der Waals surface area (Å²) in [7, 11) is 0. The number of rotatable bonds is 6. The smallest absolute Gasteiger partial charge is 0.186 e. The highest BCUT2D eigenvalue weighted by Gasteiger charge is 2.13. The van der Waals surface area contributed by atoms with Crippen LogP contribution in [0, 0.1) is 6.92 Å². The molecule has 3 rings (SSSR count). The highest BCUT2D eigenvalue weighted by molar-refractivity contribution is 6.30. The number of halogens is 1. The SMILES string of the molecule is Cc1ccc(C(=O)C/C(=C/C(=O)c2ccc(Cl)cc2)c2ccccc2)cc1. The number of hydrogen-bond acceptors (Lipinski definition) is 2. The molecule has 0 aliphatic carbocycles. The first-order valence-electron chi connectivity index (χ1n) is 8.69. The largest absolute Gasteiger partial charge is 0.294 e. The molecule has 0 spiro atoms. The van der Waals surface area contributed by atoms with Gasteiger partial charge in [-0.3, -0.25) is 9.59 Å². The molecule has 0 atom stereocenters. The van der Waals surface area contributed by atoms with Crippen LogP contribution in [0.3, 0.4) is 0 Å². The second-order valence-corrected chi connectivity index (χ2v) is 6.81. The minimum Gasteiger partial charge on any atom is -0.294 e. The summed E-state index contributed by atoms with van der Waals surface area (Å²) in [5.41, 5.74) is 3.83. The van der Waals surface area contributed by atoms with Gasteiger partial charge in [0.1, 0.15) is 0 Å². The topological polar surface area (TPSA) is 34.1 Å². The molecule has 3 aromatic carbocycles. The molecule has 0 radical (unpaired) electrons. The van der Waals surface area contributed by atoms with Gasteiger partial charge < -0.3 is 0 Å². The van der Waals surface area contributed by atoms with Crippen LogP contribution in [0.15, 0.2) is 84.9 Å². The number of carbonyl (C=O) groups is 2. The molecule has 27 heavy (non-hydrogen) atoms. The maximum absolute atomic E-state index is 12.7. The van der Waals surface area contributed by atoms with Crippen molar-refractivity contribution in [3.05, 3.63) is 112 Å². The van der Waals surface area contributed by atoms with Crippen LogP contribution in [0.4, 0.5) is 0 Å². The minimum atomic E-state index is -0.151. The van der Waals surface area contributed by atoms with Crippen molar-refractivity contribution in [3.63, 3.8) is 0 Å². The number of benzene rings is 3. The predicted molar refractivity (Wildman–Crippen MR) is 110 cm³/mol.